The molecule has 0 amide bonds. The summed E-state index contributed by atoms with van der Waals surface area (Å²) in [5, 5.41) is 8.52. The molecule has 0 bridgehead atoms. The molecule has 0 N–H and O–H groups in total. The van der Waals surface area contributed by atoms with Crippen molar-refractivity contribution in [1.82, 2.24) is 9.97 Å². The SMILES string of the molecule is Clc1nc(-c2ccc3c(ccc4ccccc43)c2)c2c(ccc3ccccc32)n1. The molecule has 2 nitrogen and oxygen atoms in total. The standard InChI is InChI=1S/C26H15ClN2/c27-26-28-23-14-12-17-6-2-4-8-22(17)24(23)25(29-26)19-11-13-21-18(15-19)10-9-16-5-1-3-7-20(16)21/h1-15H. The third-order valence-corrected chi connectivity index (χ3v) is 5.75. The molecule has 5 aromatic carbocycles. The summed E-state index contributed by atoms with van der Waals surface area (Å²) in [6, 6.07) is 31.7. The molecule has 0 spiro atoms. The molecule has 0 saturated heterocycles. The number of rotatable bonds is 1. The molecule has 0 saturated carbocycles. The third-order valence-electron chi connectivity index (χ3n) is 5.58. The van der Waals surface area contributed by atoms with E-state index in [1.807, 2.05) is 18.2 Å². The van der Waals surface area contributed by atoms with Crippen molar-refractivity contribution in [3.8, 4) is 11.3 Å². The van der Waals surface area contributed by atoms with Gasteiger partial charge in [-0.25, -0.2) is 9.97 Å². The maximum Gasteiger partial charge on any atom is 0.223 e. The molecular formula is C26H15ClN2. The van der Waals surface area contributed by atoms with Gasteiger partial charge < -0.3 is 0 Å². The fourth-order valence-electron chi connectivity index (χ4n) is 4.24. The van der Waals surface area contributed by atoms with E-state index in [2.05, 4.69) is 82.8 Å². The zero-order valence-electron chi connectivity index (χ0n) is 15.4. The zero-order chi connectivity index (χ0) is 19.4. The quantitative estimate of drug-likeness (QED) is 0.216. The van der Waals surface area contributed by atoms with Gasteiger partial charge in [-0.15, -0.1) is 0 Å². The van der Waals surface area contributed by atoms with E-state index < -0.39 is 0 Å². The number of hydrogen-bond acceptors (Lipinski definition) is 2. The van der Waals surface area contributed by atoms with E-state index in [0.717, 1.165) is 27.5 Å². The molecule has 1 aromatic heterocycles. The Morgan fingerprint density at radius 1 is 0.552 bits per heavy atom. The minimum absolute atomic E-state index is 0.265. The first kappa shape index (κ1) is 16.5. The van der Waals surface area contributed by atoms with Crippen LogP contribution >= 0.6 is 11.6 Å². The number of halogens is 1. The van der Waals surface area contributed by atoms with Crippen LogP contribution in [-0.2, 0) is 0 Å². The molecule has 0 unspecified atom stereocenters. The van der Waals surface area contributed by atoms with Crippen LogP contribution < -0.4 is 0 Å². The lowest BCUT2D eigenvalue weighted by Gasteiger charge is -2.11. The summed E-state index contributed by atoms with van der Waals surface area (Å²) in [5.41, 5.74) is 2.77. The monoisotopic (exact) mass is 390 g/mol. The second kappa shape index (κ2) is 6.26. The number of fused-ring (bicyclic) bond motifs is 6. The summed E-state index contributed by atoms with van der Waals surface area (Å²) < 4.78 is 0. The fraction of sp³-hybridized carbons (Fsp3) is 0. The fourth-order valence-corrected chi connectivity index (χ4v) is 4.42. The van der Waals surface area contributed by atoms with E-state index in [1.165, 1.54) is 26.9 Å². The van der Waals surface area contributed by atoms with Crippen LogP contribution in [-0.4, -0.2) is 9.97 Å². The van der Waals surface area contributed by atoms with Crippen molar-refractivity contribution in [2.45, 2.75) is 0 Å². The first-order chi connectivity index (χ1) is 14.3. The number of aromatic nitrogens is 2. The minimum Gasteiger partial charge on any atom is -0.218 e. The smallest absolute Gasteiger partial charge is 0.218 e. The van der Waals surface area contributed by atoms with E-state index in [0.29, 0.717) is 0 Å². The maximum atomic E-state index is 6.30. The Labute approximate surface area is 172 Å². The zero-order valence-corrected chi connectivity index (χ0v) is 16.2. The Kier molecular flexibility index (Phi) is 3.56. The molecule has 0 aliphatic rings. The Morgan fingerprint density at radius 3 is 2.07 bits per heavy atom. The first-order valence-corrected chi connectivity index (χ1v) is 9.93. The van der Waals surface area contributed by atoms with Crippen molar-refractivity contribution >= 4 is 54.8 Å². The Balaban J connectivity index is 1.70. The van der Waals surface area contributed by atoms with Crippen LogP contribution in [0.3, 0.4) is 0 Å². The second-order valence-electron chi connectivity index (χ2n) is 7.24. The summed E-state index contributed by atoms with van der Waals surface area (Å²) >= 11 is 6.30. The van der Waals surface area contributed by atoms with Gasteiger partial charge in [-0.3, -0.25) is 0 Å². The summed E-state index contributed by atoms with van der Waals surface area (Å²) in [6.07, 6.45) is 0. The largest absolute Gasteiger partial charge is 0.223 e. The van der Waals surface area contributed by atoms with Crippen molar-refractivity contribution in [2.75, 3.05) is 0 Å². The van der Waals surface area contributed by atoms with E-state index >= 15 is 0 Å². The molecule has 1 heterocycles. The normalized spacial score (nSPS) is 11.6. The van der Waals surface area contributed by atoms with Gasteiger partial charge in [0.15, 0.2) is 0 Å². The number of hydrogen-bond donors (Lipinski definition) is 0. The van der Waals surface area contributed by atoms with Gasteiger partial charge in [-0.1, -0.05) is 78.9 Å². The second-order valence-corrected chi connectivity index (χ2v) is 7.58. The lowest BCUT2D eigenvalue weighted by molar-refractivity contribution is 1.23. The van der Waals surface area contributed by atoms with Crippen LogP contribution in [0.2, 0.25) is 5.28 Å². The number of nitrogens with zero attached hydrogens (tertiary/aromatic N) is 2. The van der Waals surface area contributed by atoms with Crippen molar-refractivity contribution in [3.63, 3.8) is 0 Å². The summed E-state index contributed by atoms with van der Waals surface area (Å²) in [7, 11) is 0. The van der Waals surface area contributed by atoms with E-state index in [-0.39, 0.29) is 5.28 Å². The third kappa shape index (κ3) is 2.57. The van der Waals surface area contributed by atoms with Crippen LogP contribution in [0, 0.1) is 0 Å². The van der Waals surface area contributed by atoms with Gasteiger partial charge in [0.25, 0.3) is 0 Å². The van der Waals surface area contributed by atoms with Gasteiger partial charge in [0.2, 0.25) is 5.28 Å². The van der Waals surface area contributed by atoms with Crippen LogP contribution in [0.4, 0.5) is 0 Å². The maximum absolute atomic E-state index is 6.30. The molecule has 6 aromatic rings. The van der Waals surface area contributed by atoms with E-state index in [4.69, 9.17) is 11.6 Å². The highest BCUT2D eigenvalue weighted by Gasteiger charge is 2.13. The van der Waals surface area contributed by atoms with Gasteiger partial charge >= 0.3 is 0 Å². The van der Waals surface area contributed by atoms with Crippen molar-refractivity contribution < 1.29 is 0 Å². The van der Waals surface area contributed by atoms with E-state index in [9.17, 15) is 0 Å². The van der Waals surface area contributed by atoms with E-state index in [1.54, 1.807) is 0 Å². The van der Waals surface area contributed by atoms with Crippen molar-refractivity contribution in [3.05, 3.63) is 96.3 Å². The molecular weight excluding hydrogens is 376 g/mol. The molecule has 0 aliphatic heterocycles. The van der Waals surface area contributed by atoms with Crippen molar-refractivity contribution in [2.24, 2.45) is 0 Å². The molecule has 0 radical (unpaired) electrons. The van der Waals surface area contributed by atoms with Crippen LogP contribution in [0.15, 0.2) is 91.0 Å². The van der Waals surface area contributed by atoms with Gasteiger partial charge in [-0.05, 0) is 56.1 Å². The summed E-state index contributed by atoms with van der Waals surface area (Å²) in [6.45, 7) is 0. The predicted octanol–water partition coefficient (Wildman–Crippen LogP) is 7.41. The van der Waals surface area contributed by atoms with Gasteiger partial charge in [-0.2, -0.15) is 0 Å². The average molecular weight is 391 g/mol. The molecule has 136 valence electrons. The van der Waals surface area contributed by atoms with Crippen LogP contribution in [0.5, 0.6) is 0 Å². The van der Waals surface area contributed by atoms with Crippen LogP contribution in [0.1, 0.15) is 0 Å². The lowest BCUT2D eigenvalue weighted by atomic mass is 9.96. The highest BCUT2D eigenvalue weighted by molar-refractivity contribution is 6.29. The Hall–Kier alpha value is -3.49. The molecule has 6 rings (SSSR count). The lowest BCUT2D eigenvalue weighted by Crippen LogP contribution is -1.93. The summed E-state index contributed by atoms with van der Waals surface area (Å²) in [4.78, 5) is 9.11. The molecule has 0 aliphatic carbocycles. The highest BCUT2D eigenvalue weighted by atomic mass is 35.5. The highest BCUT2D eigenvalue weighted by Crippen LogP contribution is 2.35. The minimum atomic E-state index is 0.265. The molecule has 0 fully saturated rings. The van der Waals surface area contributed by atoms with Crippen LogP contribution in [0.25, 0.3) is 54.5 Å². The molecule has 3 heteroatoms. The number of benzene rings is 5. The molecule has 0 atom stereocenters. The predicted molar refractivity (Wildman–Crippen MR) is 123 cm³/mol. The Bertz CT molecular complexity index is 1570. The topological polar surface area (TPSA) is 25.8 Å². The average Bonchev–Trinajstić information content (AvgIpc) is 2.77. The summed E-state index contributed by atoms with van der Waals surface area (Å²) in [5.74, 6) is 0. The molecule has 29 heavy (non-hydrogen) atoms. The Morgan fingerprint density at radius 2 is 1.21 bits per heavy atom. The van der Waals surface area contributed by atoms with Crippen molar-refractivity contribution in [1.29, 1.82) is 0 Å². The first-order valence-electron chi connectivity index (χ1n) is 9.55. The van der Waals surface area contributed by atoms with Gasteiger partial charge in [0.1, 0.15) is 0 Å². The van der Waals surface area contributed by atoms with Gasteiger partial charge in [0.05, 0.1) is 11.2 Å². The van der Waals surface area contributed by atoms with Gasteiger partial charge in [0, 0.05) is 10.9 Å².